The van der Waals surface area contributed by atoms with Crippen LogP contribution in [0.2, 0.25) is 0 Å². The number of aliphatic hydroxyl groups is 1. The van der Waals surface area contributed by atoms with E-state index in [2.05, 4.69) is 24.8 Å². The Bertz CT molecular complexity index is 490. The number of ether oxygens (including phenoxy) is 1. The Balaban J connectivity index is 2.29. The first-order valence-electron chi connectivity index (χ1n) is 7.96. The Morgan fingerprint density at radius 2 is 1.71 bits per heavy atom. The first-order chi connectivity index (χ1) is 9.87. The van der Waals surface area contributed by atoms with Crippen molar-refractivity contribution in [2.75, 3.05) is 20.2 Å². The quantitative estimate of drug-likeness (QED) is 0.920. The fourth-order valence-electron chi connectivity index (χ4n) is 3.35. The molecule has 1 N–H and O–H groups in total. The average Bonchev–Trinajstić information content (AvgIpc) is 2.49. The second-order valence-electron chi connectivity index (χ2n) is 6.78. The van der Waals surface area contributed by atoms with Gasteiger partial charge < -0.3 is 9.84 Å². The minimum Gasteiger partial charge on any atom is -0.496 e. The third-order valence-electron chi connectivity index (χ3n) is 4.92. The fraction of sp³-hybridized carbons (Fsp3) is 0.667. The van der Waals surface area contributed by atoms with Gasteiger partial charge in [0.15, 0.2) is 0 Å². The van der Waals surface area contributed by atoms with E-state index >= 15 is 0 Å². The fourth-order valence-corrected chi connectivity index (χ4v) is 3.35. The van der Waals surface area contributed by atoms with E-state index in [1.54, 1.807) is 7.11 Å². The van der Waals surface area contributed by atoms with Crippen molar-refractivity contribution in [2.24, 2.45) is 0 Å². The molecule has 1 fully saturated rings. The summed E-state index contributed by atoms with van der Waals surface area (Å²) in [6.45, 7) is 10.6. The molecule has 3 heteroatoms. The van der Waals surface area contributed by atoms with E-state index in [1.807, 2.05) is 19.9 Å². The van der Waals surface area contributed by atoms with Gasteiger partial charge in [0.05, 0.1) is 13.2 Å². The highest BCUT2D eigenvalue weighted by Crippen LogP contribution is 2.36. The van der Waals surface area contributed by atoms with Gasteiger partial charge in [0.1, 0.15) is 5.75 Å². The van der Waals surface area contributed by atoms with Crippen LogP contribution in [0.1, 0.15) is 55.9 Å². The molecule has 0 aliphatic carbocycles. The summed E-state index contributed by atoms with van der Waals surface area (Å²) in [5, 5.41) is 11.0. The number of aliphatic hydroxyl groups excluding tert-OH is 1. The number of hydrogen-bond donors (Lipinski definition) is 1. The van der Waals surface area contributed by atoms with Crippen molar-refractivity contribution in [1.82, 2.24) is 4.90 Å². The summed E-state index contributed by atoms with van der Waals surface area (Å²) < 4.78 is 5.37. The molecule has 118 valence electrons. The zero-order chi connectivity index (χ0) is 15.6. The Morgan fingerprint density at radius 3 is 2.29 bits per heavy atom. The summed E-state index contributed by atoms with van der Waals surface area (Å²) in [6, 6.07) is 4.10. The lowest BCUT2D eigenvalue weighted by molar-refractivity contribution is -0.0212. The van der Waals surface area contributed by atoms with E-state index < -0.39 is 6.10 Å². The minimum absolute atomic E-state index is 0.244. The minimum atomic E-state index is -0.486. The molecule has 1 aliphatic heterocycles. The molecule has 3 nitrogen and oxygen atoms in total. The van der Waals surface area contributed by atoms with Gasteiger partial charge >= 0.3 is 0 Å². The molecule has 0 radical (unpaired) electrons. The van der Waals surface area contributed by atoms with Crippen molar-refractivity contribution in [3.63, 3.8) is 0 Å². The van der Waals surface area contributed by atoms with Crippen LogP contribution in [0.15, 0.2) is 12.1 Å². The Kier molecular flexibility index (Phi) is 4.95. The van der Waals surface area contributed by atoms with E-state index in [0.29, 0.717) is 0 Å². The van der Waals surface area contributed by atoms with Crippen molar-refractivity contribution < 1.29 is 9.84 Å². The van der Waals surface area contributed by atoms with Gasteiger partial charge in [0, 0.05) is 5.54 Å². The van der Waals surface area contributed by atoms with Crippen LogP contribution in [0.25, 0.3) is 0 Å². The van der Waals surface area contributed by atoms with Crippen molar-refractivity contribution >= 4 is 0 Å². The maximum atomic E-state index is 11.0. The molecule has 0 aromatic heterocycles. The number of rotatable bonds is 4. The SMILES string of the molecule is COc1cc(C)c(C(O)C(C)(C)N2CCCCC2)cc1C. The highest BCUT2D eigenvalue weighted by atomic mass is 16.5. The van der Waals surface area contributed by atoms with Crippen LogP contribution in [0.4, 0.5) is 0 Å². The van der Waals surface area contributed by atoms with Gasteiger partial charge in [-0.1, -0.05) is 6.42 Å². The van der Waals surface area contributed by atoms with E-state index in [-0.39, 0.29) is 5.54 Å². The molecule has 0 bridgehead atoms. The largest absolute Gasteiger partial charge is 0.496 e. The molecule has 2 rings (SSSR count). The van der Waals surface area contributed by atoms with Crippen LogP contribution in [-0.2, 0) is 0 Å². The number of nitrogens with zero attached hydrogens (tertiary/aromatic N) is 1. The van der Waals surface area contributed by atoms with Gasteiger partial charge in [-0.05, 0) is 82.4 Å². The molecule has 1 atom stereocenters. The smallest absolute Gasteiger partial charge is 0.122 e. The van der Waals surface area contributed by atoms with Crippen molar-refractivity contribution in [3.05, 3.63) is 28.8 Å². The molecule has 1 aromatic carbocycles. The molecule has 0 saturated carbocycles. The molecule has 1 aliphatic rings. The first-order valence-corrected chi connectivity index (χ1v) is 7.96. The standard InChI is InChI=1S/C18H29NO2/c1-13-12-16(21-5)14(2)11-15(13)17(20)18(3,4)19-9-7-6-8-10-19/h11-12,17,20H,6-10H2,1-5H3. The van der Waals surface area contributed by atoms with Gasteiger partial charge in [0.25, 0.3) is 0 Å². The van der Waals surface area contributed by atoms with Crippen LogP contribution >= 0.6 is 0 Å². The molecule has 1 saturated heterocycles. The third-order valence-corrected chi connectivity index (χ3v) is 4.92. The van der Waals surface area contributed by atoms with Gasteiger partial charge in [-0.2, -0.15) is 0 Å². The molecule has 1 aromatic rings. The second-order valence-corrected chi connectivity index (χ2v) is 6.78. The van der Waals surface area contributed by atoms with Crippen molar-refractivity contribution in [3.8, 4) is 5.75 Å². The van der Waals surface area contributed by atoms with E-state index in [4.69, 9.17) is 4.74 Å². The number of methoxy groups -OCH3 is 1. The van der Waals surface area contributed by atoms with Gasteiger partial charge in [0.2, 0.25) is 0 Å². The Hall–Kier alpha value is -1.06. The number of likely N-dealkylation sites (tertiary alicyclic amines) is 1. The van der Waals surface area contributed by atoms with Crippen LogP contribution in [0, 0.1) is 13.8 Å². The summed E-state index contributed by atoms with van der Waals surface area (Å²) in [6.07, 6.45) is 3.29. The number of benzene rings is 1. The predicted octanol–water partition coefficient (Wildman–Crippen LogP) is 3.61. The van der Waals surface area contributed by atoms with E-state index in [9.17, 15) is 5.11 Å². The Morgan fingerprint density at radius 1 is 1.10 bits per heavy atom. The molecule has 0 amide bonds. The average molecular weight is 291 g/mol. The van der Waals surface area contributed by atoms with Crippen molar-refractivity contribution in [1.29, 1.82) is 0 Å². The second kappa shape index (κ2) is 6.37. The lowest BCUT2D eigenvalue weighted by Gasteiger charge is -2.44. The molecule has 0 spiro atoms. The monoisotopic (exact) mass is 291 g/mol. The van der Waals surface area contributed by atoms with Gasteiger partial charge in [-0.25, -0.2) is 0 Å². The molecular formula is C18H29NO2. The summed E-state index contributed by atoms with van der Waals surface area (Å²) >= 11 is 0. The normalized spacial score (nSPS) is 18.6. The molecule has 21 heavy (non-hydrogen) atoms. The highest BCUT2D eigenvalue weighted by Gasteiger charge is 2.36. The van der Waals surface area contributed by atoms with Crippen LogP contribution in [-0.4, -0.2) is 35.7 Å². The van der Waals surface area contributed by atoms with Crippen LogP contribution < -0.4 is 4.74 Å². The Labute approximate surface area is 128 Å². The van der Waals surface area contributed by atoms with Crippen LogP contribution in [0.5, 0.6) is 5.75 Å². The summed E-state index contributed by atoms with van der Waals surface area (Å²) in [5.74, 6) is 0.888. The highest BCUT2D eigenvalue weighted by molar-refractivity contribution is 5.43. The predicted molar refractivity (Wildman–Crippen MR) is 86.9 cm³/mol. The zero-order valence-corrected chi connectivity index (χ0v) is 14.1. The van der Waals surface area contributed by atoms with E-state index in [0.717, 1.165) is 35.5 Å². The van der Waals surface area contributed by atoms with E-state index in [1.165, 1.54) is 19.3 Å². The number of hydrogen-bond acceptors (Lipinski definition) is 3. The maximum absolute atomic E-state index is 11.0. The zero-order valence-electron chi connectivity index (χ0n) is 14.1. The first kappa shape index (κ1) is 16.3. The topological polar surface area (TPSA) is 32.7 Å². The van der Waals surface area contributed by atoms with Crippen LogP contribution in [0.3, 0.4) is 0 Å². The number of aryl methyl sites for hydroxylation is 2. The lowest BCUT2D eigenvalue weighted by atomic mass is 9.85. The maximum Gasteiger partial charge on any atom is 0.122 e. The lowest BCUT2D eigenvalue weighted by Crippen LogP contribution is -2.50. The van der Waals surface area contributed by atoms with Crippen molar-refractivity contribution in [2.45, 2.75) is 58.6 Å². The molecule has 1 heterocycles. The molecule has 1 unspecified atom stereocenters. The molecular weight excluding hydrogens is 262 g/mol. The summed E-state index contributed by atoms with van der Waals surface area (Å²) in [4.78, 5) is 2.43. The van der Waals surface area contributed by atoms with Gasteiger partial charge in [-0.15, -0.1) is 0 Å². The third kappa shape index (κ3) is 3.24. The summed E-state index contributed by atoms with van der Waals surface area (Å²) in [7, 11) is 1.69. The number of piperidine rings is 1. The summed E-state index contributed by atoms with van der Waals surface area (Å²) in [5.41, 5.74) is 2.94. The van der Waals surface area contributed by atoms with Gasteiger partial charge in [-0.3, -0.25) is 4.90 Å².